The van der Waals surface area contributed by atoms with Crippen LogP contribution in [0.25, 0.3) is 22.3 Å². The number of hydrogen-bond donors (Lipinski definition) is 0. The quantitative estimate of drug-likeness (QED) is 0.493. The Morgan fingerprint density at radius 2 is 1.54 bits per heavy atom. The van der Waals surface area contributed by atoms with E-state index in [4.69, 9.17) is 4.74 Å². The van der Waals surface area contributed by atoms with Crippen LogP contribution in [0.4, 0.5) is 13.2 Å². The van der Waals surface area contributed by atoms with Gasteiger partial charge in [-0.05, 0) is 53.6 Å². The van der Waals surface area contributed by atoms with Crippen molar-refractivity contribution in [1.82, 2.24) is 0 Å². The SMILES string of the molecule is Cc1ccc(-c2ccc(-c3ccc(C4CCCOC4)c(F)c3)cc2)c(F)c1F. The molecule has 0 saturated carbocycles. The van der Waals surface area contributed by atoms with Crippen molar-refractivity contribution in [2.24, 2.45) is 0 Å². The van der Waals surface area contributed by atoms with Crippen LogP contribution in [0.15, 0.2) is 54.6 Å². The molecule has 1 unspecified atom stereocenters. The molecule has 144 valence electrons. The largest absolute Gasteiger partial charge is 0.381 e. The predicted molar refractivity (Wildman–Crippen MR) is 105 cm³/mol. The van der Waals surface area contributed by atoms with Crippen molar-refractivity contribution in [2.45, 2.75) is 25.7 Å². The molecule has 1 aliphatic rings. The minimum absolute atomic E-state index is 0.101. The van der Waals surface area contributed by atoms with Gasteiger partial charge in [0.15, 0.2) is 11.6 Å². The van der Waals surface area contributed by atoms with E-state index in [0.717, 1.165) is 30.6 Å². The van der Waals surface area contributed by atoms with E-state index in [-0.39, 0.29) is 22.9 Å². The minimum atomic E-state index is -0.849. The lowest BCUT2D eigenvalue weighted by Gasteiger charge is -2.23. The van der Waals surface area contributed by atoms with Crippen LogP contribution in [-0.4, -0.2) is 13.2 Å². The summed E-state index contributed by atoms with van der Waals surface area (Å²) in [5.74, 6) is -1.81. The Hall–Kier alpha value is -2.59. The van der Waals surface area contributed by atoms with Crippen molar-refractivity contribution in [3.8, 4) is 22.3 Å². The molecule has 1 heterocycles. The highest BCUT2D eigenvalue weighted by Crippen LogP contribution is 2.32. The molecule has 3 aromatic carbocycles. The molecule has 0 spiro atoms. The van der Waals surface area contributed by atoms with Crippen molar-refractivity contribution in [1.29, 1.82) is 0 Å². The maximum absolute atomic E-state index is 14.7. The van der Waals surface area contributed by atoms with Crippen molar-refractivity contribution in [3.63, 3.8) is 0 Å². The number of hydrogen-bond acceptors (Lipinski definition) is 1. The van der Waals surface area contributed by atoms with Gasteiger partial charge in [-0.1, -0.05) is 48.5 Å². The van der Waals surface area contributed by atoms with Crippen molar-refractivity contribution >= 4 is 0 Å². The monoisotopic (exact) mass is 382 g/mol. The maximum Gasteiger partial charge on any atom is 0.166 e. The molecule has 0 radical (unpaired) electrons. The number of rotatable bonds is 3. The summed E-state index contributed by atoms with van der Waals surface area (Å²) in [6.45, 7) is 2.83. The van der Waals surface area contributed by atoms with Gasteiger partial charge in [-0.3, -0.25) is 0 Å². The van der Waals surface area contributed by atoms with E-state index in [1.807, 2.05) is 12.1 Å². The second-order valence-corrected chi connectivity index (χ2v) is 7.29. The highest BCUT2D eigenvalue weighted by Gasteiger charge is 2.20. The topological polar surface area (TPSA) is 9.23 Å². The molecule has 1 nitrogen and oxygen atoms in total. The van der Waals surface area contributed by atoms with E-state index in [1.165, 1.54) is 13.0 Å². The number of aryl methyl sites for hydroxylation is 1. The summed E-state index contributed by atoms with van der Waals surface area (Å²) in [5.41, 5.74) is 3.33. The molecule has 4 rings (SSSR count). The first-order valence-corrected chi connectivity index (χ1v) is 9.47. The third-order valence-electron chi connectivity index (χ3n) is 5.41. The van der Waals surface area contributed by atoms with Gasteiger partial charge in [-0.15, -0.1) is 0 Å². The fourth-order valence-electron chi connectivity index (χ4n) is 3.73. The summed E-state index contributed by atoms with van der Waals surface area (Å²) in [6.07, 6.45) is 1.88. The Balaban J connectivity index is 1.61. The zero-order valence-electron chi connectivity index (χ0n) is 15.6. The summed E-state index contributed by atoms with van der Waals surface area (Å²) >= 11 is 0. The normalized spacial score (nSPS) is 16.9. The Bertz CT molecular complexity index is 989. The fraction of sp³-hybridized carbons (Fsp3) is 0.250. The molecule has 1 aliphatic heterocycles. The van der Waals surface area contributed by atoms with Crippen LogP contribution in [0.2, 0.25) is 0 Å². The molecule has 0 aliphatic carbocycles. The van der Waals surface area contributed by atoms with Crippen LogP contribution in [0, 0.1) is 24.4 Å². The Kier molecular flexibility index (Phi) is 5.23. The van der Waals surface area contributed by atoms with Crippen LogP contribution in [0.1, 0.15) is 29.9 Å². The van der Waals surface area contributed by atoms with Gasteiger partial charge in [0.1, 0.15) is 5.82 Å². The summed E-state index contributed by atoms with van der Waals surface area (Å²) in [6, 6.07) is 15.4. The molecule has 0 amide bonds. The summed E-state index contributed by atoms with van der Waals surface area (Å²) < 4.78 is 48.2. The van der Waals surface area contributed by atoms with E-state index < -0.39 is 11.6 Å². The minimum Gasteiger partial charge on any atom is -0.381 e. The fourth-order valence-corrected chi connectivity index (χ4v) is 3.73. The van der Waals surface area contributed by atoms with Crippen LogP contribution < -0.4 is 0 Å². The molecular formula is C24H21F3O. The highest BCUT2D eigenvalue weighted by atomic mass is 19.2. The first kappa shape index (κ1) is 18.8. The molecule has 1 fully saturated rings. The second-order valence-electron chi connectivity index (χ2n) is 7.29. The van der Waals surface area contributed by atoms with E-state index in [0.29, 0.717) is 17.7 Å². The molecule has 1 atom stereocenters. The van der Waals surface area contributed by atoms with Crippen molar-refractivity contribution < 1.29 is 17.9 Å². The second kappa shape index (κ2) is 7.80. The van der Waals surface area contributed by atoms with E-state index in [1.54, 1.807) is 36.4 Å². The van der Waals surface area contributed by atoms with E-state index in [9.17, 15) is 13.2 Å². The zero-order chi connectivity index (χ0) is 19.7. The number of benzene rings is 3. The van der Waals surface area contributed by atoms with E-state index >= 15 is 0 Å². The van der Waals surface area contributed by atoms with Gasteiger partial charge < -0.3 is 4.74 Å². The smallest absolute Gasteiger partial charge is 0.166 e. The molecule has 0 bridgehead atoms. The third kappa shape index (κ3) is 3.57. The first-order chi connectivity index (χ1) is 13.5. The van der Waals surface area contributed by atoms with Crippen molar-refractivity contribution in [2.75, 3.05) is 13.2 Å². The van der Waals surface area contributed by atoms with Crippen LogP contribution in [0.3, 0.4) is 0 Å². The van der Waals surface area contributed by atoms with Crippen LogP contribution >= 0.6 is 0 Å². The molecule has 3 aromatic rings. The Morgan fingerprint density at radius 3 is 2.21 bits per heavy atom. The van der Waals surface area contributed by atoms with Gasteiger partial charge in [0.05, 0.1) is 6.61 Å². The van der Waals surface area contributed by atoms with Gasteiger partial charge in [-0.25, -0.2) is 13.2 Å². The van der Waals surface area contributed by atoms with Crippen LogP contribution in [-0.2, 0) is 4.74 Å². The molecule has 1 saturated heterocycles. The van der Waals surface area contributed by atoms with Gasteiger partial charge in [0.25, 0.3) is 0 Å². The summed E-state index contributed by atoms with van der Waals surface area (Å²) in [7, 11) is 0. The lowest BCUT2D eigenvalue weighted by Crippen LogP contribution is -2.16. The standard InChI is InChI=1S/C24H21F3O/c1-15-4-10-21(24(27)23(15)26)17-7-5-16(6-8-17)18-9-11-20(22(25)13-18)19-3-2-12-28-14-19/h4-11,13,19H,2-3,12,14H2,1H3. The van der Waals surface area contributed by atoms with Gasteiger partial charge in [0.2, 0.25) is 0 Å². The zero-order valence-corrected chi connectivity index (χ0v) is 15.6. The van der Waals surface area contributed by atoms with Crippen molar-refractivity contribution in [3.05, 3.63) is 83.2 Å². The lowest BCUT2D eigenvalue weighted by molar-refractivity contribution is 0.0794. The van der Waals surface area contributed by atoms with E-state index in [2.05, 4.69) is 0 Å². The average molecular weight is 382 g/mol. The maximum atomic E-state index is 14.7. The third-order valence-corrected chi connectivity index (χ3v) is 5.41. The Labute approximate surface area is 162 Å². The summed E-state index contributed by atoms with van der Waals surface area (Å²) in [5, 5.41) is 0. The summed E-state index contributed by atoms with van der Waals surface area (Å²) in [4.78, 5) is 0. The molecule has 28 heavy (non-hydrogen) atoms. The molecule has 4 heteroatoms. The highest BCUT2D eigenvalue weighted by molar-refractivity contribution is 5.71. The van der Waals surface area contributed by atoms with Gasteiger partial charge in [-0.2, -0.15) is 0 Å². The first-order valence-electron chi connectivity index (χ1n) is 9.47. The van der Waals surface area contributed by atoms with Crippen LogP contribution in [0.5, 0.6) is 0 Å². The predicted octanol–water partition coefficient (Wildman–Crippen LogP) is 6.64. The number of ether oxygens (including phenoxy) is 1. The Morgan fingerprint density at radius 1 is 0.821 bits per heavy atom. The lowest BCUT2D eigenvalue weighted by atomic mass is 9.91. The molecule has 0 N–H and O–H groups in total. The molecule has 0 aromatic heterocycles. The average Bonchev–Trinajstić information content (AvgIpc) is 2.73. The molecular weight excluding hydrogens is 361 g/mol. The van der Waals surface area contributed by atoms with Gasteiger partial charge >= 0.3 is 0 Å². The van der Waals surface area contributed by atoms with Gasteiger partial charge in [0, 0.05) is 18.1 Å². The number of halogens is 3.